The third kappa shape index (κ3) is 2.77. The zero-order chi connectivity index (χ0) is 13.9. The molecule has 1 N–H and O–H groups in total. The van der Waals surface area contributed by atoms with Crippen molar-refractivity contribution < 1.29 is 4.79 Å². The molecule has 1 fully saturated rings. The number of hydrogen-bond acceptors (Lipinski definition) is 4. The minimum absolute atomic E-state index is 0.0923. The second-order valence-corrected chi connectivity index (χ2v) is 5.32. The minimum atomic E-state index is -0.0923. The van der Waals surface area contributed by atoms with Crippen molar-refractivity contribution in [1.29, 1.82) is 0 Å². The fourth-order valence-electron chi connectivity index (χ4n) is 2.51. The Kier molecular flexibility index (Phi) is 3.60. The molecule has 0 unspecified atom stereocenters. The third-order valence-corrected chi connectivity index (χ3v) is 3.78. The van der Waals surface area contributed by atoms with Gasteiger partial charge < -0.3 is 10.2 Å². The lowest BCUT2D eigenvalue weighted by Crippen LogP contribution is -2.43. The summed E-state index contributed by atoms with van der Waals surface area (Å²) >= 11 is 0. The Labute approximate surface area is 118 Å². The number of carbonyl (C=O) groups excluding carboxylic acids is 1. The Hall–Kier alpha value is -2.01. The van der Waals surface area contributed by atoms with Gasteiger partial charge in [-0.3, -0.25) is 9.78 Å². The van der Waals surface area contributed by atoms with Gasteiger partial charge in [0.25, 0.3) is 5.91 Å². The van der Waals surface area contributed by atoms with Gasteiger partial charge in [0.05, 0.1) is 11.7 Å². The van der Waals surface area contributed by atoms with Crippen molar-refractivity contribution in [2.75, 3.05) is 20.1 Å². The Morgan fingerprint density at radius 1 is 1.35 bits per heavy atom. The van der Waals surface area contributed by atoms with Crippen LogP contribution in [0.4, 0.5) is 0 Å². The molecular weight excluding hydrogens is 252 g/mol. The Morgan fingerprint density at radius 3 is 2.95 bits per heavy atom. The maximum absolute atomic E-state index is 12.2. The van der Waals surface area contributed by atoms with E-state index in [9.17, 15) is 4.79 Å². The van der Waals surface area contributed by atoms with Crippen LogP contribution in [0.5, 0.6) is 0 Å². The molecule has 0 saturated carbocycles. The van der Waals surface area contributed by atoms with Crippen LogP contribution in [0.3, 0.4) is 0 Å². The topological polar surface area (TPSA) is 58.1 Å². The van der Waals surface area contributed by atoms with Crippen LogP contribution in [0, 0.1) is 0 Å². The lowest BCUT2D eigenvalue weighted by molar-refractivity contribution is 0.0912. The van der Waals surface area contributed by atoms with E-state index in [0.717, 1.165) is 36.8 Å². The van der Waals surface area contributed by atoms with Gasteiger partial charge in [-0.15, -0.1) is 0 Å². The number of carbonyl (C=O) groups is 1. The first-order valence-corrected chi connectivity index (χ1v) is 6.92. The van der Waals surface area contributed by atoms with Crippen LogP contribution >= 0.6 is 0 Å². The highest BCUT2D eigenvalue weighted by atomic mass is 16.1. The number of hydrogen-bond donors (Lipinski definition) is 1. The van der Waals surface area contributed by atoms with Crippen molar-refractivity contribution in [3.63, 3.8) is 0 Å². The van der Waals surface area contributed by atoms with Crippen LogP contribution in [0.2, 0.25) is 0 Å². The molecule has 1 aliphatic rings. The number of fused-ring (bicyclic) bond motifs is 1. The van der Waals surface area contributed by atoms with Crippen LogP contribution in [0.1, 0.15) is 23.3 Å². The van der Waals surface area contributed by atoms with Gasteiger partial charge in [-0.2, -0.15) is 0 Å². The molecule has 2 aromatic rings. The summed E-state index contributed by atoms with van der Waals surface area (Å²) in [4.78, 5) is 22.9. The van der Waals surface area contributed by atoms with Crippen LogP contribution < -0.4 is 5.32 Å². The molecule has 104 valence electrons. The van der Waals surface area contributed by atoms with E-state index in [0.29, 0.717) is 5.69 Å². The number of aromatic nitrogens is 2. The molecular formula is C15H18N4O. The van der Waals surface area contributed by atoms with E-state index in [1.165, 1.54) is 0 Å². The zero-order valence-corrected chi connectivity index (χ0v) is 11.5. The van der Waals surface area contributed by atoms with Crippen molar-refractivity contribution in [3.05, 3.63) is 36.3 Å². The average Bonchev–Trinajstić information content (AvgIpc) is 2.49. The highest BCUT2D eigenvalue weighted by molar-refractivity contribution is 5.95. The predicted octanol–water partition coefficient (Wildman–Crippen LogP) is 1.45. The first kappa shape index (κ1) is 13.0. The minimum Gasteiger partial charge on any atom is -0.348 e. The molecule has 1 amide bonds. The Bertz CT molecular complexity index is 620. The van der Waals surface area contributed by atoms with Crippen molar-refractivity contribution >= 4 is 16.8 Å². The maximum Gasteiger partial charge on any atom is 0.270 e. The van der Waals surface area contributed by atoms with Crippen LogP contribution in [0.25, 0.3) is 10.9 Å². The van der Waals surface area contributed by atoms with Gasteiger partial charge in [0.1, 0.15) is 5.69 Å². The summed E-state index contributed by atoms with van der Waals surface area (Å²) < 4.78 is 0. The highest BCUT2D eigenvalue weighted by Crippen LogP contribution is 2.12. The molecule has 5 nitrogen and oxygen atoms in total. The molecule has 5 heteroatoms. The van der Waals surface area contributed by atoms with E-state index in [1.807, 2.05) is 12.1 Å². The molecule has 1 aliphatic heterocycles. The molecule has 3 heterocycles. The molecule has 0 radical (unpaired) electrons. The summed E-state index contributed by atoms with van der Waals surface area (Å²) in [5.74, 6) is -0.0923. The Morgan fingerprint density at radius 2 is 2.15 bits per heavy atom. The van der Waals surface area contributed by atoms with Crippen molar-refractivity contribution in [2.24, 2.45) is 0 Å². The summed E-state index contributed by atoms with van der Waals surface area (Å²) in [5.41, 5.74) is 1.27. The second-order valence-electron chi connectivity index (χ2n) is 5.32. The van der Waals surface area contributed by atoms with Gasteiger partial charge in [0, 0.05) is 17.6 Å². The van der Waals surface area contributed by atoms with E-state index in [4.69, 9.17) is 0 Å². The van der Waals surface area contributed by atoms with Gasteiger partial charge in [0.15, 0.2) is 0 Å². The fourth-order valence-corrected chi connectivity index (χ4v) is 2.51. The van der Waals surface area contributed by atoms with Gasteiger partial charge in [-0.25, -0.2) is 4.98 Å². The molecule has 0 bridgehead atoms. The molecule has 1 saturated heterocycles. The lowest BCUT2D eigenvalue weighted by atomic mass is 10.1. The van der Waals surface area contributed by atoms with Crippen LogP contribution in [-0.4, -0.2) is 47.0 Å². The van der Waals surface area contributed by atoms with E-state index >= 15 is 0 Å². The summed E-state index contributed by atoms with van der Waals surface area (Å²) in [6.07, 6.45) is 5.37. The third-order valence-electron chi connectivity index (χ3n) is 3.78. The molecule has 20 heavy (non-hydrogen) atoms. The van der Waals surface area contributed by atoms with Gasteiger partial charge in [-0.05, 0) is 45.1 Å². The molecule has 0 aliphatic carbocycles. The standard InChI is InChI=1S/C15H18N4O/c1-19-7-4-12(5-8-19)18-15(20)13-9-11-3-2-6-16-14(11)10-17-13/h2-3,6,9-10,12H,4-5,7-8H2,1H3,(H,18,20). The normalized spacial score (nSPS) is 17.2. The lowest BCUT2D eigenvalue weighted by Gasteiger charge is -2.29. The van der Waals surface area contributed by atoms with Crippen LogP contribution in [-0.2, 0) is 0 Å². The zero-order valence-electron chi connectivity index (χ0n) is 11.5. The van der Waals surface area contributed by atoms with E-state index in [1.54, 1.807) is 18.5 Å². The molecule has 0 spiro atoms. The molecule has 3 rings (SSSR count). The fraction of sp³-hybridized carbons (Fsp3) is 0.400. The first-order chi connectivity index (χ1) is 9.72. The second kappa shape index (κ2) is 5.54. The summed E-state index contributed by atoms with van der Waals surface area (Å²) in [7, 11) is 2.11. The highest BCUT2D eigenvalue weighted by Gasteiger charge is 2.19. The summed E-state index contributed by atoms with van der Waals surface area (Å²) in [6.45, 7) is 2.06. The van der Waals surface area contributed by atoms with Crippen LogP contribution in [0.15, 0.2) is 30.6 Å². The molecule has 0 atom stereocenters. The SMILES string of the molecule is CN1CCC(NC(=O)c2cc3cccnc3cn2)CC1. The number of piperidine rings is 1. The van der Waals surface area contributed by atoms with Gasteiger partial charge in [-0.1, -0.05) is 6.07 Å². The van der Waals surface area contributed by atoms with E-state index in [2.05, 4.69) is 27.2 Å². The monoisotopic (exact) mass is 270 g/mol. The first-order valence-electron chi connectivity index (χ1n) is 6.92. The van der Waals surface area contributed by atoms with Crippen molar-refractivity contribution in [3.8, 4) is 0 Å². The average molecular weight is 270 g/mol. The van der Waals surface area contributed by atoms with E-state index in [-0.39, 0.29) is 11.9 Å². The predicted molar refractivity (Wildman–Crippen MR) is 77.5 cm³/mol. The van der Waals surface area contributed by atoms with Gasteiger partial charge in [0.2, 0.25) is 0 Å². The van der Waals surface area contributed by atoms with E-state index < -0.39 is 0 Å². The number of pyridine rings is 2. The largest absolute Gasteiger partial charge is 0.348 e. The van der Waals surface area contributed by atoms with Crippen molar-refractivity contribution in [2.45, 2.75) is 18.9 Å². The van der Waals surface area contributed by atoms with Gasteiger partial charge >= 0.3 is 0 Å². The smallest absolute Gasteiger partial charge is 0.270 e. The molecule has 0 aromatic carbocycles. The summed E-state index contributed by atoms with van der Waals surface area (Å²) in [5, 5.41) is 4.01. The number of nitrogens with zero attached hydrogens (tertiary/aromatic N) is 3. The number of likely N-dealkylation sites (tertiary alicyclic amines) is 1. The van der Waals surface area contributed by atoms with Crippen molar-refractivity contribution in [1.82, 2.24) is 20.2 Å². The maximum atomic E-state index is 12.2. The molecule has 2 aromatic heterocycles. The number of amides is 1. The Balaban J connectivity index is 1.72. The summed E-state index contributed by atoms with van der Waals surface area (Å²) in [6, 6.07) is 5.86. The number of nitrogens with one attached hydrogen (secondary N) is 1. The number of rotatable bonds is 2. The quantitative estimate of drug-likeness (QED) is 0.897.